The minimum Gasteiger partial charge on any atom is -0.235 e. The minimum atomic E-state index is -4.79. The quantitative estimate of drug-likeness (QED) is 0.747. The molecule has 0 bridgehead atoms. The van der Waals surface area contributed by atoms with Crippen molar-refractivity contribution in [3.63, 3.8) is 0 Å². The van der Waals surface area contributed by atoms with Crippen molar-refractivity contribution in [3.8, 4) is 0 Å². The largest absolute Gasteiger partial charge is 0.337 e. The molecule has 0 aliphatic carbocycles. The van der Waals surface area contributed by atoms with Gasteiger partial charge in [-0.3, -0.25) is 0 Å². The van der Waals surface area contributed by atoms with Crippen LogP contribution in [0, 0.1) is 6.92 Å². The molecule has 0 N–H and O–H groups in total. The third-order valence-electron chi connectivity index (χ3n) is 1.81. The third kappa shape index (κ3) is 1.74. The lowest BCUT2D eigenvalue weighted by Gasteiger charge is -1.93. The zero-order valence-corrected chi connectivity index (χ0v) is 9.88. The van der Waals surface area contributed by atoms with Crippen molar-refractivity contribution in [2.75, 3.05) is 0 Å². The summed E-state index contributed by atoms with van der Waals surface area (Å²) in [5, 5.41) is 3.85. The Labute approximate surface area is 93.3 Å². The van der Waals surface area contributed by atoms with Gasteiger partial charge in [0.25, 0.3) is 0 Å². The van der Waals surface area contributed by atoms with Gasteiger partial charge in [0, 0.05) is 12.4 Å². The van der Waals surface area contributed by atoms with Crippen molar-refractivity contribution < 1.29 is 12.3 Å². The van der Waals surface area contributed by atoms with Crippen LogP contribution in [-0.2, 0) is 10.2 Å². The zero-order chi connectivity index (χ0) is 11.2. The summed E-state index contributed by atoms with van der Waals surface area (Å²) in [6, 6.07) is 0. The van der Waals surface area contributed by atoms with Crippen LogP contribution in [-0.4, -0.2) is 23.0 Å². The van der Waals surface area contributed by atoms with E-state index in [1.807, 2.05) is 0 Å². The fourth-order valence-corrected chi connectivity index (χ4v) is 2.34. The van der Waals surface area contributed by atoms with Crippen LogP contribution in [0.25, 0.3) is 5.65 Å². The number of hydrogen-bond donors (Lipinski definition) is 0. The van der Waals surface area contributed by atoms with Crippen LogP contribution in [0.1, 0.15) is 5.69 Å². The summed E-state index contributed by atoms with van der Waals surface area (Å²) in [4.78, 5) is 3.33. The molecule has 0 atom stereocenters. The summed E-state index contributed by atoms with van der Waals surface area (Å²) in [7, 11) is -4.79. The molecular weight excluding hydrogens is 289 g/mol. The molecule has 8 heteroatoms. The number of nitrogens with zero attached hydrogens (tertiary/aromatic N) is 3. The Kier molecular flexibility index (Phi) is 2.27. The average molecular weight is 294 g/mol. The zero-order valence-electron chi connectivity index (χ0n) is 7.48. The Hall–Kier alpha value is -1.02. The van der Waals surface area contributed by atoms with Crippen LogP contribution in [0.5, 0.6) is 0 Å². The highest BCUT2D eigenvalue weighted by Crippen LogP contribution is 2.22. The summed E-state index contributed by atoms with van der Waals surface area (Å²) in [6.45, 7) is 1.41. The summed E-state index contributed by atoms with van der Waals surface area (Å²) in [6.07, 6.45) is 2.88. The molecular formula is C7H5BrFN3O2S. The SMILES string of the molecule is Cc1nn2cc(Br)cnc2c1S(=O)(=O)F. The summed E-state index contributed by atoms with van der Waals surface area (Å²) in [5.74, 6) is 0. The van der Waals surface area contributed by atoms with Crippen molar-refractivity contribution in [3.05, 3.63) is 22.6 Å². The lowest BCUT2D eigenvalue weighted by atomic mass is 10.5. The molecule has 2 aromatic rings. The molecule has 80 valence electrons. The van der Waals surface area contributed by atoms with Gasteiger partial charge in [-0.2, -0.15) is 13.5 Å². The second-order valence-corrected chi connectivity index (χ2v) is 5.09. The number of hydrogen-bond acceptors (Lipinski definition) is 4. The number of halogens is 2. The van der Waals surface area contributed by atoms with E-state index in [1.54, 1.807) is 0 Å². The molecule has 0 fully saturated rings. The van der Waals surface area contributed by atoms with Gasteiger partial charge in [0.05, 0.1) is 10.2 Å². The van der Waals surface area contributed by atoms with Crippen molar-refractivity contribution >= 4 is 31.8 Å². The minimum absolute atomic E-state index is 0.0156. The smallest absolute Gasteiger partial charge is 0.235 e. The molecule has 0 aliphatic rings. The lowest BCUT2D eigenvalue weighted by Crippen LogP contribution is -1.95. The Bertz CT molecular complexity index is 637. The van der Waals surface area contributed by atoms with E-state index >= 15 is 0 Å². The molecule has 2 aromatic heterocycles. The van der Waals surface area contributed by atoms with Gasteiger partial charge in [0.1, 0.15) is 0 Å². The summed E-state index contributed by atoms with van der Waals surface area (Å²) < 4.78 is 36.4. The fourth-order valence-electron chi connectivity index (χ4n) is 1.29. The van der Waals surface area contributed by atoms with Crippen LogP contribution in [0.4, 0.5) is 3.89 Å². The second kappa shape index (κ2) is 3.24. The molecule has 0 unspecified atom stereocenters. The molecule has 0 aliphatic heterocycles. The highest BCUT2D eigenvalue weighted by atomic mass is 79.9. The van der Waals surface area contributed by atoms with Crippen LogP contribution in [0.2, 0.25) is 0 Å². The molecule has 0 saturated heterocycles. The van der Waals surface area contributed by atoms with E-state index in [0.29, 0.717) is 4.47 Å². The van der Waals surface area contributed by atoms with E-state index in [9.17, 15) is 12.3 Å². The molecule has 15 heavy (non-hydrogen) atoms. The second-order valence-electron chi connectivity index (χ2n) is 2.89. The first-order chi connectivity index (χ1) is 6.89. The number of aryl methyl sites for hydroxylation is 1. The molecule has 2 heterocycles. The standard InChI is InChI=1S/C7H5BrFN3O2S/c1-4-6(15(9,13)14)7-10-2-5(8)3-12(7)11-4/h2-3H,1H3. The maximum Gasteiger partial charge on any atom is 0.337 e. The van der Waals surface area contributed by atoms with E-state index in [0.717, 1.165) is 0 Å². The first-order valence-electron chi connectivity index (χ1n) is 3.85. The summed E-state index contributed by atoms with van der Waals surface area (Å²) >= 11 is 3.15. The van der Waals surface area contributed by atoms with Crippen molar-refractivity contribution in [2.45, 2.75) is 11.8 Å². The van der Waals surface area contributed by atoms with Gasteiger partial charge in [-0.1, -0.05) is 0 Å². The number of aromatic nitrogens is 3. The molecule has 0 amide bonds. The monoisotopic (exact) mass is 293 g/mol. The van der Waals surface area contributed by atoms with Gasteiger partial charge >= 0.3 is 10.2 Å². The highest BCUT2D eigenvalue weighted by molar-refractivity contribution is 9.10. The molecule has 0 aromatic carbocycles. The summed E-state index contributed by atoms with van der Waals surface area (Å²) in [5.41, 5.74) is 0.0706. The number of fused-ring (bicyclic) bond motifs is 1. The predicted molar refractivity (Wildman–Crippen MR) is 53.7 cm³/mol. The van der Waals surface area contributed by atoms with Crippen molar-refractivity contribution in [1.29, 1.82) is 0 Å². The lowest BCUT2D eigenvalue weighted by molar-refractivity contribution is 0.552. The van der Waals surface area contributed by atoms with Gasteiger partial charge in [0.2, 0.25) is 0 Å². The topological polar surface area (TPSA) is 64.3 Å². The predicted octanol–water partition coefficient (Wildman–Crippen LogP) is 1.46. The molecule has 0 radical (unpaired) electrons. The van der Waals surface area contributed by atoms with Crippen LogP contribution in [0.15, 0.2) is 21.8 Å². The fraction of sp³-hybridized carbons (Fsp3) is 0.143. The van der Waals surface area contributed by atoms with Gasteiger partial charge in [-0.15, -0.1) is 3.89 Å². The number of rotatable bonds is 1. The highest BCUT2D eigenvalue weighted by Gasteiger charge is 2.23. The molecule has 5 nitrogen and oxygen atoms in total. The Morgan fingerprint density at radius 3 is 2.80 bits per heavy atom. The Morgan fingerprint density at radius 1 is 1.53 bits per heavy atom. The average Bonchev–Trinajstić information content (AvgIpc) is 2.38. The normalized spacial score (nSPS) is 12.2. The van der Waals surface area contributed by atoms with Crippen molar-refractivity contribution in [2.24, 2.45) is 0 Å². The Balaban J connectivity index is 2.92. The molecule has 0 spiro atoms. The van der Waals surface area contributed by atoms with E-state index in [-0.39, 0.29) is 11.3 Å². The third-order valence-corrected chi connectivity index (χ3v) is 3.18. The van der Waals surface area contributed by atoms with Gasteiger partial charge < -0.3 is 0 Å². The van der Waals surface area contributed by atoms with E-state index in [2.05, 4.69) is 26.0 Å². The first-order valence-corrected chi connectivity index (χ1v) is 6.02. The van der Waals surface area contributed by atoms with Gasteiger partial charge in [-0.05, 0) is 22.9 Å². The molecule has 2 rings (SSSR count). The van der Waals surface area contributed by atoms with Crippen LogP contribution in [0.3, 0.4) is 0 Å². The first kappa shape index (κ1) is 10.5. The maximum atomic E-state index is 12.9. The van der Waals surface area contributed by atoms with Gasteiger partial charge in [-0.25, -0.2) is 9.50 Å². The van der Waals surface area contributed by atoms with Gasteiger partial charge in [0.15, 0.2) is 10.5 Å². The van der Waals surface area contributed by atoms with E-state index in [4.69, 9.17) is 0 Å². The molecule has 0 saturated carbocycles. The maximum absolute atomic E-state index is 12.9. The van der Waals surface area contributed by atoms with E-state index in [1.165, 1.54) is 23.8 Å². The van der Waals surface area contributed by atoms with Crippen LogP contribution >= 0.6 is 15.9 Å². The van der Waals surface area contributed by atoms with Crippen LogP contribution < -0.4 is 0 Å². The van der Waals surface area contributed by atoms with E-state index < -0.39 is 15.1 Å². The Morgan fingerprint density at radius 2 is 2.20 bits per heavy atom. The van der Waals surface area contributed by atoms with Crippen molar-refractivity contribution in [1.82, 2.24) is 14.6 Å².